The maximum Gasteiger partial charge on any atom is 0.269 e. The predicted molar refractivity (Wildman–Crippen MR) is 68.6 cm³/mol. The Hall–Kier alpha value is -2.57. The molecule has 0 N–H and O–H groups in total. The number of tetrazole rings is 1. The Morgan fingerprint density at radius 2 is 2.21 bits per heavy atom. The SMILES string of the molecule is CCCn1nnnc1-c1cnc2ccccn2c1=O. The van der Waals surface area contributed by atoms with Gasteiger partial charge in [-0.15, -0.1) is 5.10 Å². The molecule has 0 bridgehead atoms. The molecule has 0 aliphatic heterocycles. The van der Waals surface area contributed by atoms with Crippen LogP contribution in [0.3, 0.4) is 0 Å². The Morgan fingerprint density at radius 3 is 3.05 bits per heavy atom. The van der Waals surface area contributed by atoms with Gasteiger partial charge in [-0.3, -0.25) is 9.20 Å². The second-order valence-corrected chi connectivity index (χ2v) is 4.13. The smallest absolute Gasteiger partial charge is 0.268 e. The van der Waals surface area contributed by atoms with Crippen molar-refractivity contribution >= 4 is 5.65 Å². The summed E-state index contributed by atoms with van der Waals surface area (Å²) in [5.74, 6) is 0.456. The van der Waals surface area contributed by atoms with Crippen LogP contribution in [0.1, 0.15) is 13.3 Å². The minimum absolute atomic E-state index is 0.169. The van der Waals surface area contributed by atoms with E-state index in [-0.39, 0.29) is 5.56 Å². The normalized spacial score (nSPS) is 11.0. The molecule has 0 aromatic carbocycles. The predicted octanol–water partition coefficient (Wildman–Crippen LogP) is 0.758. The zero-order valence-electron chi connectivity index (χ0n) is 10.4. The van der Waals surface area contributed by atoms with Crippen molar-refractivity contribution in [2.24, 2.45) is 0 Å². The van der Waals surface area contributed by atoms with Crippen molar-refractivity contribution in [3.8, 4) is 11.4 Å². The number of hydrogen-bond donors (Lipinski definition) is 0. The lowest BCUT2D eigenvalue weighted by molar-refractivity contribution is 0.583. The summed E-state index contributed by atoms with van der Waals surface area (Å²) >= 11 is 0. The highest BCUT2D eigenvalue weighted by molar-refractivity contribution is 5.54. The van der Waals surface area contributed by atoms with E-state index in [1.165, 1.54) is 10.6 Å². The molecule has 19 heavy (non-hydrogen) atoms. The molecule has 7 nitrogen and oxygen atoms in total. The van der Waals surface area contributed by atoms with E-state index in [4.69, 9.17) is 0 Å². The summed E-state index contributed by atoms with van der Waals surface area (Å²) in [6.45, 7) is 2.69. The van der Waals surface area contributed by atoms with Crippen molar-refractivity contribution in [2.75, 3.05) is 0 Å². The second-order valence-electron chi connectivity index (χ2n) is 4.13. The van der Waals surface area contributed by atoms with Gasteiger partial charge in [0.1, 0.15) is 11.2 Å². The second kappa shape index (κ2) is 4.60. The molecule has 0 spiro atoms. The first-order valence-electron chi connectivity index (χ1n) is 6.04. The van der Waals surface area contributed by atoms with Crippen molar-refractivity contribution in [1.82, 2.24) is 29.6 Å². The summed E-state index contributed by atoms with van der Waals surface area (Å²) in [6, 6.07) is 5.40. The Bertz CT molecular complexity index is 775. The fraction of sp³-hybridized carbons (Fsp3) is 0.250. The molecule has 0 saturated heterocycles. The van der Waals surface area contributed by atoms with Crippen molar-refractivity contribution in [3.05, 3.63) is 40.9 Å². The molecule has 96 valence electrons. The van der Waals surface area contributed by atoms with Crippen LogP contribution in [-0.2, 0) is 6.54 Å². The fourth-order valence-corrected chi connectivity index (χ4v) is 1.94. The average Bonchev–Trinajstić information content (AvgIpc) is 2.88. The average molecular weight is 256 g/mol. The maximum absolute atomic E-state index is 12.4. The summed E-state index contributed by atoms with van der Waals surface area (Å²) < 4.78 is 3.11. The highest BCUT2D eigenvalue weighted by Crippen LogP contribution is 2.10. The summed E-state index contributed by atoms with van der Waals surface area (Å²) in [5, 5.41) is 11.4. The van der Waals surface area contributed by atoms with Crippen molar-refractivity contribution in [3.63, 3.8) is 0 Å². The Morgan fingerprint density at radius 1 is 1.32 bits per heavy atom. The molecule has 3 rings (SSSR count). The van der Waals surface area contributed by atoms with E-state index in [9.17, 15) is 4.79 Å². The maximum atomic E-state index is 12.4. The van der Waals surface area contributed by atoms with E-state index in [0.717, 1.165) is 6.42 Å². The first-order valence-corrected chi connectivity index (χ1v) is 6.04. The van der Waals surface area contributed by atoms with Gasteiger partial charge < -0.3 is 0 Å². The topological polar surface area (TPSA) is 78.0 Å². The zero-order chi connectivity index (χ0) is 13.2. The molecule has 0 amide bonds. The van der Waals surface area contributed by atoms with Crippen LogP contribution in [0.15, 0.2) is 35.4 Å². The van der Waals surface area contributed by atoms with Crippen LogP contribution >= 0.6 is 0 Å². The number of nitrogens with zero attached hydrogens (tertiary/aromatic N) is 6. The summed E-state index contributed by atoms with van der Waals surface area (Å²) in [5.41, 5.74) is 0.839. The minimum atomic E-state index is -0.169. The number of rotatable bonds is 3. The number of aryl methyl sites for hydroxylation is 1. The third-order valence-electron chi connectivity index (χ3n) is 2.82. The summed E-state index contributed by atoms with van der Waals surface area (Å²) in [7, 11) is 0. The molecule has 3 aromatic rings. The Balaban J connectivity index is 2.23. The van der Waals surface area contributed by atoms with Crippen LogP contribution in [0.4, 0.5) is 0 Å². The Kier molecular flexibility index (Phi) is 2.79. The molecule has 0 unspecified atom stereocenters. The first kappa shape index (κ1) is 11.5. The number of hydrogen-bond acceptors (Lipinski definition) is 5. The van der Waals surface area contributed by atoms with Crippen LogP contribution in [-0.4, -0.2) is 29.6 Å². The van der Waals surface area contributed by atoms with Gasteiger partial charge in [0.2, 0.25) is 0 Å². The van der Waals surface area contributed by atoms with Gasteiger partial charge in [-0.2, -0.15) is 0 Å². The van der Waals surface area contributed by atoms with Gasteiger partial charge in [0.05, 0.1) is 0 Å². The van der Waals surface area contributed by atoms with Gasteiger partial charge in [-0.05, 0) is 29.0 Å². The molecular formula is C12H12N6O. The van der Waals surface area contributed by atoms with Crippen molar-refractivity contribution < 1.29 is 0 Å². The van der Waals surface area contributed by atoms with Gasteiger partial charge in [0, 0.05) is 18.9 Å². The Labute approximate surface area is 108 Å². The van der Waals surface area contributed by atoms with Gasteiger partial charge in [0.25, 0.3) is 5.56 Å². The molecule has 0 aliphatic carbocycles. The molecular weight excluding hydrogens is 244 g/mol. The standard InChI is InChI=1S/C12H12N6O/c1-2-6-18-11(14-15-16-18)9-8-13-10-5-3-4-7-17(10)12(9)19/h3-5,7-8H,2,6H2,1H3. The molecule has 0 aliphatic rings. The van der Waals surface area contributed by atoms with E-state index >= 15 is 0 Å². The van der Waals surface area contributed by atoms with Gasteiger partial charge in [0.15, 0.2) is 5.82 Å². The van der Waals surface area contributed by atoms with Crippen LogP contribution in [0, 0.1) is 0 Å². The summed E-state index contributed by atoms with van der Waals surface area (Å²) in [4.78, 5) is 16.7. The van der Waals surface area contributed by atoms with Gasteiger partial charge in [-0.1, -0.05) is 13.0 Å². The van der Waals surface area contributed by atoms with E-state index in [2.05, 4.69) is 20.5 Å². The highest BCUT2D eigenvalue weighted by atomic mass is 16.1. The lowest BCUT2D eigenvalue weighted by Crippen LogP contribution is -2.18. The fourth-order valence-electron chi connectivity index (χ4n) is 1.94. The van der Waals surface area contributed by atoms with E-state index in [1.807, 2.05) is 13.0 Å². The first-order chi connectivity index (χ1) is 9.31. The molecule has 0 fully saturated rings. The van der Waals surface area contributed by atoms with E-state index < -0.39 is 0 Å². The zero-order valence-corrected chi connectivity index (χ0v) is 10.4. The molecule has 0 atom stereocenters. The largest absolute Gasteiger partial charge is 0.269 e. The van der Waals surface area contributed by atoms with Crippen LogP contribution < -0.4 is 5.56 Å². The van der Waals surface area contributed by atoms with E-state index in [1.54, 1.807) is 23.0 Å². The molecule has 3 aromatic heterocycles. The van der Waals surface area contributed by atoms with Crippen LogP contribution in [0.5, 0.6) is 0 Å². The molecule has 0 radical (unpaired) electrons. The lowest BCUT2D eigenvalue weighted by atomic mass is 10.3. The molecule has 7 heteroatoms. The third-order valence-corrected chi connectivity index (χ3v) is 2.82. The van der Waals surface area contributed by atoms with Crippen molar-refractivity contribution in [2.45, 2.75) is 19.9 Å². The quantitative estimate of drug-likeness (QED) is 0.691. The van der Waals surface area contributed by atoms with Crippen molar-refractivity contribution in [1.29, 1.82) is 0 Å². The van der Waals surface area contributed by atoms with Gasteiger partial charge >= 0.3 is 0 Å². The molecule has 3 heterocycles. The molecule has 0 saturated carbocycles. The van der Waals surface area contributed by atoms with Crippen LogP contribution in [0.2, 0.25) is 0 Å². The minimum Gasteiger partial charge on any atom is -0.268 e. The third kappa shape index (κ3) is 1.88. The number of pyridine rings is 1. The monoisotopic (exact) mass is 256 g/mol. The highest BCUT2D eigenvalue weighted by Gasteiger charge is 2.14. The summed E-state index contributed by atoms with van der Waals surface area (Å²) in [6.07, 6.45) is 4.10. The number of aromatic nitrogens is 6. The van der Waals surface area contributed by atoms with E-state index in [0.29, 0.717) is 23.6 Å². The van der Waals surface area contributed by atoms with Gasteiger partial charge in [-0.25, -0.2) is 9.67 Å². The number of fused-ring (bicyclic) bond motifs is 1. The van der Waals surface area contributed by atoms with Crippen LogP contribution in [0.25, 0.3) is 17.0 Å². The lowest BCUT2D eigenvalue weighted by Gasteiger charge is -2.04.